The third-order valence-electron chi connectivity index (χ3n) is 4.75. The van der Waals surface area contributed by atoms with Gasteiger partial charge in [-0.15, -0.1) is 10.2 Å². The van der Waals surface area contributed by atoms with Gasteiger partial charge in [0.2, 0.25) is 5.91 Å². The molecule has 1 aromatic heterocycles. The van der Waals surface area contributed by atoms with Gasteiger partial charge in [-0.3, -0.25) is 9.59 Å². The molecule has 0 aliphatic heterocycles. The number of aromatic nitrogens is 2. The molecule has 1 heterocycles. The van der Waals surface area contributed by atoms with Crippen LogP contribution in [0.25, 0.3) is 0 Å². The highest BCUT2D eigenvalue weighted by atomic mass is 19.1. The molecule has 1 aromatic carbocycles. The zero-order valence-electron chi connectivity index (χ0n) is 19.5. The van der Waals surface area contributed by atoms with Crippen LogP contribution in [0.3, 0.4) is 0 Å². The molecule has 5 N–H and O–H groups in total. The van der Waals surface area contributed by atoms with Gasteiger partial charge in [-0.1, -0.05) is 27.2 Å². The monoisotopic (exact) mass is 479 g/mol. The lowest BCUT2D eigenvalue weighted by atomic mass is 10.1. The van der Waals surface area contributed by atoms with Crippen molar-refractivity contribution in [1.29, 1.82) is 0 Å². The van der Waals surface area contributed by atoms with Crippen LogP contribution in [0.4, 0.5) is 14.6 Å². The van der Waals surface area contributed by atoms with Crippen LogP contribution in [0, 0.1) is 11.6 Å². The molecule has 2 rings (SSSR count). The number of hydrogen-bond donors (Lipinski definition) is 4. The van der Waals surface area contributed by atoms with Gasteiger partial charge >= 0.3 is 5.97 Å². The smallest absolute Gasteiger partial charge is 0.326 e. The van der Waals surface area contributed by atoms with Gasteiger partial charge in [0.05, 0.1) is 6.42 Å². The van der Waals surface area contributed by atoms with Crippen molar-refractivity contribution in [2.75, 3.05) is 5.32 Å². The Labute approximate surface area is 197 Å². The Morgan fingerprint density at radius 1 is 1.03 bits per heavy atom. The van der Waals surface area contributed by atoms with Gasteiger partial charge in [0.1, 0.15) is 23.5 Å². The second-order valence-electron chi connectivity index (χ2n) is 7.53. The van der Waals surface area contributed by atoms with E-state index in [2.05, 4.69) is 34.7 Å². The summed E-state index contributed by atoms with van der Waals surface area (Å²) in [7, 11) is 0. The third kappa shape index (κ3) is 10.3. The molecule has 2 amide bonds. The Morgan fingerprint density at radius 2 is 1.65 bits per heavy atom. The van der Waals surface area contributed by atoms with Gasteiger partial charge in [-0.25, -0.2) is 13.6 Å². The average molecular weight is 480 g/mol. The molecule has 11 heteroatoms. The van der Waals surface area contributed by atoms with Gasteiger partial charge in [0.15, 0.2) is 5.69 Å². The number of halogens is 2. The second-order valence-corrected chi connectivity index (χ2v) is 7.53. The van der Waals surface area contributed by atoms with E-state index in [4.69, 9.17) is 10.8 Å². The number of carbonyl (C=O) groups is 3. The molecular formula is C23H31F2N5O4. The number of amides is 2. The van der Waals surface area contributed by atoms with Crippen LogP contribution in [0.5, 0.6) is 0 Å². The van der Waals surface area contributed by atoms with E-state index in [0.717, 1.165) is 25.0 Å². The van der Waals surface area contributed by atoms with Crippen molar-refractivity contribution in [2.24, 2.45) is 5.73 Å². The Morgan fingerprint density at radius 3 is 2.09 bits per heavy atom. The van der Waals surface area contributed by atoms with Crippen LogP contribution in [-0.2, 0) is 16.0 Å². The van der Waals surface area contributed by atoms with Crippen LogP contribution in [0.2, 0.25) is 0 Å². The molecule has 0 spiro atoms. The maximum atomic E-state index is 12.9. The number of carbonyl (C=O) groups excluding carboxylic acids is 2. The lowest BCUT2D eigenvalue weighted by molar-refractivity contribution is -0.141. The summed E-state index contributed by atoms with van der Waals surface area (Å²) in [6.07, 6.45) is 2.69. The minimum atomic E-state index is -1.12. The van der Waals surface area contributed by atoms with Gasteiger partial charge in [0, 0.05) is 12.1 Å². The number of nitrogens with zero attached hydrogens (tertiary/aromatic N) is 2. The number of carboxylic acid groups (broad SMARTS) is 1. The minimum absolute atomic E-state index is 0.163. The number of nitrogens with two attached hydrogens (primary N) is 1. The van der Waals surface area contributed by atoms with Gasteiger partial charge in [0.25, 0.3) is 5.91 Å². The van der Waals surface area contributed by atoms with Gasteiger partial charge < -0.3 is 21.5 Å². The first-order valence-corrected chi connectivity index (χ1v) is 11.0. The standard InChI is InChI=1S/C13H15F2NO3.C10H16N4O/c1-2-3-11(13(18)19)16-12(17)6-8-4-9(14)7-10(15)5-8;1-3-7(4-2)12-9-6-5-8(10(11)15)13-14-9/h4-5,7,11H,2-3,6H2,1H3,(H,16,17)(H,18,19);5-7H,3-4H2,1-2H3,(H2,11,15)(H,12,14). The fraction of sp³-hybridized carbons (Fsp3) is 0.435. The van der Waals surface area contributed by atoms with Crippen molar-refractivity contribution < 1.29 is 28.3 Å². The number of aliphatic carboxylic acids is 1. The Kier molecular flexibility index (Phi) is 12.1. The molecule has 0 saturated carbocycles. The summed E-state index contributed by atoms with van der Waals surface area (Å²) in [5, 5.41) is 22.0. The topological polar surface area (TPSA) is 147 Å². The van der Waals surface area contributed by atoms with E-state index in [0.29, 0.717) is 30.8 Å². The molecule has 34 heavy (non-hydrogen) atoms. The Balaban J connectivity index is 0.000000350. The van der Waals surface area contributed by atoms with Crippen molar-refractivity contribution in [3.05, 3.63) is 53.2 Å². The van der Waals surface area contributed by atoms with Crippen LogP contribution in [0.1, 0.15) is 62.5 Å². The minimum Gasteiger partial charge on any atom is -0.480 e. The second kappa shape index (κ2) is 14.5. The summed E-state index contributed by atoms with van der Waals surface area (Å²) < 4.78 is 25.8. The van der Waals surface area contributed by atoms with Crippen LogP contribution < -0.4 is 16.4 Å². The third-order valence-corrected chi connectivity index (χ3v) is 4.75. The van der Waals surface area contributed by atoms with Gasteiger partial charge in [-0.05, 0) is 49.1 Å². The molecule has 0 radical (unpaired) electrons. The summed E-state index contributed by atoms with van der Waals surface area (Å²) in [5.74, 6) is -3.13. The molecule has 0 aliphatic rings. The molecule has 2 aromatic rings. The molecule has 0 bridgehead atoms. The molecule has 9 nitrogen and oxygen atoms in total. The molecule has 0 aliphatic carbocycles. The summed E-state index contributed by atoms with van der Waals surface area (Å²) in [6.45, 7) is 6.00. The van der Waals surface area contributed by atoms with Crippen molar-refractivity contribution in [3.8, 4) is 0 Å². The van der Waals surface area contributed by atoms with E-state index in [9.17, 15) is 23.2 Å². The summed E-state index contributed by atoms with van der Waals surface area (Å²) in [5.41, 5.74) is 5.40. The van der Waals surface area contributed by atoms with E-state index >= 15 is 0 Å². The molecular weight excluding hydrogens is 448 g/mol. The lowest BCUT2D eigenvalue weighted by Crippen LogP contribution is -2.41. The highest BCUT2D eigenvalue weighted by Crippen LogP contribution is 2.09. The first-order chi connectivity index (χ1) is 16.1. The molecule has 0 saturated heterocycles. The Bertz CT molecular complexity index is 933. The number of anilines is 1. The largest absolute Gasteiger partial charge is 0.480 e. The number of carboxylic acids is 1. The van der Waals surface area contributed by atoms with E-state index in [-0.39, 0.29) is 17.7 Å². The summed E-state index contributed by atoms with van der Waals surface area (Å²) in [6, 6.07) is 5.48. The molecule has 0 fully saturated rings. The first-order valence-electron chi connectivity index (χ1n) is 11.0. The molecule has 1 unspecified atom stereocenters. The molecule has 1 atom stereocenters. The fourth-order valence-corrected chi connectivity index (χ4v) is 2.93. The maximum absolute atomic E-state index is 12.9. The highest BCUT2D eigenvalue weighted by molar-refractivity contribution is 5.90. The summed E-state index contributed by atoms with van der Waals surface area (Å²) >= 11 is 0. The van der Waals surface area contributed by atoms with E-state index < -0.39 is 35.5 Å². The lowest BCUT2D eigenvalue weighted by Gasteiger charge is -2.14. The van der Waals surface area contributed by atoms with Crippen molar-refractivity contribution in [3.63, 3.8) is 0 Å². The number of nitrogens with one attached hydrogen (secondary N) is 2. The quantitative estimate of drug-likeness (QED) is 0.387. The first kappa shape index (κ1) is 28.4. The van der Waals surface area contributed by atoms with Crippen LogP contribution in [-0.4, -0.2) is 45.2 Å². The van der Waals surface area contributed by atoms with E-state index in [1.54, 1.807) is 19.1 Å². The normalized spacial score (nSPS) is 11.2. The summed E-state index contributed by atoms with van der Waals surface area (Å²) in [4.78, 5) is 33.2. The average Bonchev–Trinajstić information content (AvgIpc) is 2.77. The predicted molar refractivity (Wildman–Crippen MR) is 123 cm³/mol. The van der Waals surface area contributed by atoms with Crippen LogP contribution >= 0.6 is 0 Å². The van der Waals surface area contributed by atoms with Crippen molar-refractivity contribution in [2.45, 2.75) is 65.0 Å². The van der Waals surface area contributed by atoms with Crippen molar-refractivity contribution >= 4 is 23.6 Å². The number of primary amides is 1. The fourth-order valence-electron chi connectivity index (χ4n) is 2.93. The molecule has 186 valence electrons. The predicted octanol–water partition coefficient (Wildman–Crippen LogP) is 3.05. The highest BCUT2D eigenvalue weighted by Gasteiger charge is 2.19. The SMILES string of the molecule is CCC(CC)Nc1ccc(C(N)=O)nn1.CCCC(NC(=O)Cc1cc(F)cc(F)c1)C(=O)O. The number of benzene rings is 1. The zero-order chi connectivity index (χ0) is 25.7. The van der Waals surface area contributed by atoms with Gasteiger partial charge in [-0.2, -0.15) is 0 Å². The Hall–Kier alpha value is -3.63. The van der Waals surface area contributed by atoms with E-state index in [1.165, 1.54) is 0 Å². The maximum Gasteiger partial charge on any atom is 0.326 e. The number of rotatable bonds is 11. The van der Waals surface area contributed by atoms with E-state index in [1.807, 2.05) is 0 Å². The zero-order valence-corrected chi connectivity index (χ0v) is 19.5. The van der Waals surface area contributed by atoms with Crippen LogP contribution in [0.15, 0.2) is 30.3 Å². The van der Waals surface area contributed by atoms with Crippen molar-refractivity contribution in [1.82, 2.24) is 15.5 Å². The number of hydrogen-bond acceptors (Lipinski definition) is 6.